The summed E-state index contributed by atoms with van der Waals surface area (Å²) in [6.45, 7) is 1.13. The van der Waals surface area contributed by atoms with Crippen molar-refractivity contribution in [3.63, 3.8) is 0 Å². The normalized spacial score (nSPS) is 15.7. The van der Waals surface area contributed by atoms with E-state index in [-0.39, 0.29) is 17.7 Å². The largest absolute Gasteiger partial charge is 0.369 e. The van der Waals surface area contributed by atoms with E-state index >= 15 is 0 Å². The zero-order chi connectivity index (χ0) is 15.5. The van der Waals surface area contributed by atoms with E-state index < -0.39 is 0 Å². The molecule has 3 rings (SSSR count). The van der Waals surface area contributed by atoms with Crippen LogP contribution in [0.3, 0.4) is 0 Å². The molecule has 2 aromatic rings. The molecule has 0 atom stereocenters. The fourth-order valence-corrected chi connectivity index (χ4v) is 2.65. The lowest BCUT2D eigenvalue weighted by Crippen LogP contribution is -2.41. The van der Waals surface area contributed by atoms with Gasteiger partial charge >= 0.3 is 0 Å². The molecule has 0 spiro atoms. The molecule has 0 bridgehead atoms. The second kappa shape index (κ2) is 5.97. The van der Waals surface area contributed by atoms with Crippen LogP contribution in [0.1, 0.15) is 23.2 Å². The van der Waals surface area contributed by atoms with Gasteiger partial charge in [-0.2, -0.15) is 5.10 Å². The molecule has 2 N–H and O–H groups in total. The van der Waals surface area contributed by atoms with Crippen LogP contribution >= 0.6 is 0 Å². The molecule has 1 saturated heterocycles. The maximum Gasteiger partial charge on any atom is 0.253 e. The van der Waals surface area contributed by atoms with Gasteiger partial charge in [-0.15, -0.1) is 0 Å². The second-order valence-electron chi connectivity index (χ2n) is 5.36. The number of benzene rings is 1. The van der Waals surface area contributed by atoms with E-state index in [4.69, 9.17) is 5.73 Å². The van der Waals surface area contributed by atoms with E-state index in [0.29, 0.717) is 31.5 Å². The first kappa shape index (κ1) is 14.2. The Bertz CT molecular complexity index is 658. The molecule has 0 unspecified atom stereocenters. The van der Waals surface area contributed by atoms with Crippen molar-refractivity contribution in [3.8, 4) is 5.69 Å². The fraction of sp³-hybridized carbons (Fsp3) is 0.333. The SMILES string of the molecule is NC(=O)C1CCN(C(=O)c2ccc(-n3cncn3)cc2)CC1. The lowest BCUT2D eigenvalue weighted by molar-refractivity contribution is -0.123. The summed E-state index contributed by atoms with van der Waals surface area (Å²) in [7, 11) is 0. The molecule has 1 aromatic carbocycles. The molecule has 0 aliphatic carbocycles. The summed E-state index contributed by atoms with van der Waals surface area (Å²) in [6.07, 6.45) is 4.34. The van der Waals surface area contributed by atoms with Crippen LogP contribution in [0.25, 0.3) is 5.69 Å². The molecule has 0 radical (unpaired) electrons. The van der Waals surface area contributed by atoms with Gasteiger partial charge in [0.15, 0.2) is 0 Å². The summed E-state index contributed by atoms with van der Waals surface area (Å²) < 4.78 is 1.63. The Hall–Kier alpha value is -2.70. The molecule has 114 valence electrons. The molecular weight excluding hydrogens is 282 g/mol. The van der Waals surface area contributed by atoms with E-state index in [1.165, 1.54) is 6.33 Å². The van der Waals surface area contributed by atoms with Gasteiger partial charge in [-0.3, -0.25) is 9.59 Å². The molecule has 7 nitrogen and oxygen atoms in total. The minimum Gasteiger partial charge on any atom is -0.369 e. The van der Waals surface area contributed by atoms with Gasteiger partial charge in [0.2, 0.25) is 5.91 Å². The molecule has 0 saturated carbocycles. The summed E-state index contributed by atoms with van der Waals surface area (Å²) in [4.78, 5) is 29.3. The number of likely N-dealkylation sites (tertiary alicyclic amines) is 1. The number of nitrogens with zero attached hydrogens (tertiary/aromatic N) is 4. The van der Waals surface area contributed by atoms with Crippen LogP contribution in [0, 0.1) is 5.92 Å². The van der Waals surface area contributed by atoms with Crippen molar-refractivity contribution >= 4 is 11.8 Å². The number of hydrogen-bond acceptors (Lipinski definition) is 4. The van der Waals surface area contributed by atoms with E-state index in [1.54, 1.807) is 28.0 Å². The third kappa shape index (κ3) is 2.83. The highest BCUT2D eigenvalue weighted by atomic mass is 16.2. The maximum atomic E-state index is 12.4. The first-order valence-electron chi connectivity index (χ1n) is 7.19. The Morgan fingerprint density at radius 1 is 1.14 bits per heavy atom. The van der Waals surface area contributed by atoms with Crippen LogP contribution in [0.15, 0.2) is 36.9 Å². The molecule has 22 heavy (non-hydrogen) atoms. The Kier molecular flexibility index (Phi) is 3.86. The number of carbonyl (C=O) groups excluding carboxylic acids is 2. The van der Waals surface area contributed by atoms with Crippen LogP contribution in [0.5, 0.6) is 0 Å². The Morgan fingerprint density at radius 3 is 2.36 bits per heavy atom. The van der Waals surface area contributed by atoms with Crippen molar-refractivity contribution in [1.29, 1.82) is 0 Å². The van der Waals surface area contributed by atoms with Gasteiger partial charge in [-0.05, 0) is 37.1 Å². The maximum absolute atomic E-state index is 12.4. The number of primary amides is 1. The predicted molar refractivity (Wildman–Crippen MR) is 79.2 cm³/mol. The van der Waals surface area contributed by atoms with Gasteiger partial charge in [0, 0.05) is 24.6 Å². The summed E-state index contributed by atoms with van der Waals surface area (Å²) in [6, 6.07) is 7.22. The van der Waals surface area contributed by atoms with Crippen molar-refractivity contribution in [2.24, 2.45) is 11.7 Å². The quantitative estimate of drug-likeness (QED) is 0.898. The number of rotatable bonds is 3. The van der Waals surface area contributed by atoms with Gasteiger partial charge in [-0.25, -0.2) is 9.67 Å². The number of aromatic nitrogens is 3. The van der Waals surface area contributed by atoms with E-state index in [0.717, 1.165) is 5.69 Å². The van der Waals surface area contributed by atoms with Crippen molar-refractivity contribution in [2.45, 2.75) is 12.8 Å². The predicted octanol–water partition coefficient (Wildman–Crippen LogP) is 0.605. The number of piperidine rings is 1. The molecule has 1 aliphatic heterocycles. The van der Waals surface area contributed by atoms with Crippen LogP contribution in [0.2, 0.25) is 0 Å². The molecule has 1 aliphatic rings. The monoisotopic (exact) mass is 299 g/mol. The van der Waals surface area contributed by atoms with Crippen molar-refractivity contribution < 1.29 is 9.59 Å². The third-order valence-corrected chi connectivity index (χ3v) is 3.98. The lowest BCUT2D eigenvalue weighted by atomic mass is 9.96. The van der Waals surface area contributed by atoms with Gasteiger partial charge in [0.1, 0.15) is 12.7 Å². The Balaban J connectivity index is 1.67. The van der Waals surface area contributed by atoms with Gasteiger partial charge in [0.25, 0.3) is 5.91 Å². The van der Waals surface area contributed by atoms with Crippen LogP contribution in [0.4, 0.5) is 0 Å². The number of nitrogens with two attached hydrogens (primary N) is 1. The van der Waals surface area contributed by atoms with Crippen LogP contribution < -0.4 is 5.73 Å². The smallest absolute Gasteiger partial charge is 0.253 e. The average molecular weight is 299 g/mol. The first-order valence-corrected chi connectivity index (χ1v) is 7.19. The molecule has 7 heteroatoms. The molecular formula is C15H17N5O2. The average Bonchev–Trinajstić information content (AvgIpc) is 3.09. The van der Waals surface area contributed by atoms with Crippen molar-refractivity contribution in [2.75, 3.05) is 13.1 Å². The standard InChI is InChI=1S/C15H17N5O2/c16-14(21)11-5-7-19(8-6-11)15(22)12-1-3-13(4-2-12)20-10-17-9-18-20/h1-4,9-11H,5-8H2,(H2,16,21). The van der Waals surface area contributed by atoms with Crippen LogP contribution in [-0.2, 0) is 4.79 Å². The molecule has 1 aromatic heterocycles. The van der Waals surface area contributed by atoms with E-state index in [2.05, 4.69) is 10.1 Å². The highest BCUT2D eigenvalue weighted by Crippen LogP contribution is 2.19. The second-order valence-corrected chi connectivity index (χ2v) is 5.36. The topological polar surface area (TPSA) is 94.1 Å². The van der Waals surface area contributed by atoms with Crippen LogP contribution in [-0.4, -0.2) is 44.6 Å². The summed E-state index contributed by atoms with van der Waals surface area (Å²) in [5.74, 6) is -0.406. The first-order chi connectivity index (χ1) is 10.6. The Labute approximate surface area is 127 Å². The van der Waals surface area contributed by atoms with Crippen molar-refractivity contribution in [3.05, 3.63) is 42.5 Å². The molecule has 2 amide bonds. The van der Waals surface area contributed by atoms with Crippen molar-refractivity contribution in [1.82, 2.24) is 19.7 Å². The summed E-state index contributed by atoms with van der Waals surface area (Å²) >= 11 is 0. The van der Waals surface area contributed by atoms with E-state index in [1.807, 2.05) is 12.1 Å². The Morgan fingerprint density at radius 2 is 1.82 bits per heavy atom. The minimum absolute atomic E-state index is 0.0203. The van der Waals surface area contributed by atoms with E-state index in [9.17, 15) is 9.59 Å². The zero-order valence-electron chi connectivity index (χ0n) is 12.1. The number of hydrogen-bond donors (Lipinski definition) is 1. The highest BCUT2D eigenvalue weighted by molar-refractivity contribution is 5.94. The number of carbonyl (C=O) groups is 2. The molecule has 1 fully saturated rings. The number of amides is 2. The fourth-order valence-electron chi connectivity index (χ4n) is 2.65. The lowest BCUT2D eigenvalue weighted by Gasteiger charge is -2.30. The summed E-state index contributed by atoms with van der Waals surface area (Å²) in [5, 5.41) is 4.04. The third-order valence-electron chi connectivity index (χ3n) is 3.98. The minimum atomic E-state index is -0.274. The van der Waals surface area contributed by atoms with Gasteiger partial charge in [0.05, 0.1) is 5.69 Å². The highest BCUT2D eigenvalue weighted by Gasteiger charge is 2.26. The van der Waals surface area contributed by atoms with Gasteiger partial charge in [-0.1, -0.05) is 0 Å². The zero-order valence-corrected chi connectivity index (χ0v) is 12.1. The van der Waals surface area contributed by atoms with Gasteiger partial charge < -0.3 is 10.6 Å². The molecule has 2 heterocycles. The summed E-state index contributed by atoms with van der Waals surface area (Å²) in [5.41, 5.74) is 6.78.